The standard InChI is InChI=1S/2C4H8O.H2O2/c2*1-3-4(2)5;1-2/h2*3H2,1-2H3;1-2H. The van der Waals surface area contributed by atoms with Gasteiger partial charge in [-0.05, 0) is 13.8 Å². The van der Waals surface area contributed by atoms with E-state index in [4.69, 9.17) is 10.5 Å². The smallest absolute Gasteiger partial charge is 0.129 e. The van der Waals surface area contributed by atoms with Crippen molar-refractivity contribution in [3.63, 3.8) is 0 Å². The molecule has 0 aliphatic heterocycles. The lowest BCUT2D eigenvalue weighted by Gasteiger charge is -1.71. The fraction of sp³-hybridized carbons (Fsp3) is 0.750. The molecule has 12 heavy (non-hydrogen) atoms. The molecule has 0 aliphatic rings. The molecule has 0 aromatic rings. The predicted molar refractivity (Wildman–Crippen MR) is 47.2 cm³/mol. The van der Waals surface area contributed by atoms with E-state index in [0.717, 1.165) is 0 Å². The highest BCUT2D eigenvalue weighted by atomic mass is 17.0. The number of carbonyl (C=O) groups excluding carboxylic acids is 2. The summed E-state index contributed by atoms with van der Waals surface area (Å²) >= 11 is 0. The Morgan fingerprint density at radius 1 is 0.917 bits per heavy atom. The van der Waals surface area contributed by atoms with E-state index in [2.05, 4.69) is 0 Å². The molecule has 0 aromatic carbocycles. The minimum atomic E-state index is 0.255. The van der Waals surface area contributed by atoms with E-state index < -0.39 is 0 Å². The minimum absolute atomic E-state index is 0.255. The second-order valence-electron chi connectivity index (χ2n) is 2.11. The molecule has 0 heterocycles. The number of rotatable bonds is 2. The minimum Gasteiger partial charge on any atom is -0.300 e. The molecule has 0 aromatic heterocycles. The molecule has 0 unspecified atom stereocenters. The van der Waals surface area contributed by atoms with Crippen molar-refractivity contribution >= 4 is 11.6 Å². The third kappa shape index (κ3) is 59.4. The third-order valence-corrected chi connectivity index (χ3v) is 0.996. The molecular formula is C8H18O4. The molecule has 0 amide bonds. The second kappa shape index (κ2) is 16.7. The van der Waals surface area contributed by atoms with Gasteiger partial charge in [-0.2, -0.15) is 0 Å². The first-order valence-corrected chi connectivity index (χ1v) is 3.73. The van der Waals surface area contributed by atoms with Gasteiger partial charge in [-0.15, -0.1) is 0 Å². The molecule has 4 heteroatoms. The molecule has 0 bridgehead atoms. The van der Waals surface area contributed by atoms with Crippen molar-refractivity contribution in [3.05, 3.63) is 0 Å². The van der Waals surface area contributed by atoms with E-state index in [-0.39, 0.29) is 11.6 Å². The van der Waals surface area contributed by atoms with Crippen LogP contribution in [0.5, 0.6) is 0 Å². The molecule has 2 N–H and O–H groups in total. The Kier molecular flexibility index (Phi) is 24.2. The van der Waals surface area contributed by atoms with E-state index in [1.54, 1.807) is 13.8 Å². The first-order chi connectivity index (χ1) is 5.54. The van der Waals surface area contributed by atoms with Crippen LogP contribution in [0, 0.1) is 0 Å². The Hall–Kier alpha value is -0.740. The summed E-state index contributed by atoms with van der Waals surface area (Å²) in [6, 6.07) is 0. The Morgan fingerprint density at radius 3 is 1.00 bits per heavy atom. The van der Waals surface area contributed by atoms with Gasteiger partial charge in [0.1, 0.15) is 11.6 Å². The number of carbonyl (C=O) groups is 2. The molecule has 4 nitrogen and oxygen atoms in total. The van der Waals surface area contributed by atoms with Crippen LogP contribution in [0.25, 0.3) is 0 Å². The molecule has 0 fully saturated rings. The van der Waals surface area contributed by atoms with E-state index in [1.807, 2.05) is 13.8 Å². The van der Waals surface area contributed by atoms with Crippen LogP contribution in [0.2, 0.25) is 0 Å². The maximum atomic E-state index is 9.81. The zero-order valence-corrected chi connectivity index (χ0v) is 8.13. The molecular weight excluding hydrogens is 160 g/mol. The van der Waals surface area contributed by atoms with Gasteiger partial charge in [0.15, 0.2) is 0 Å². The van der Waals surface area contributed by atoms with Crippen LogP contribution in [0.4, 0.5) is 0 Å². The summed E-state index contributed by atoms with van der Waals surface area (Å²) in [4.78, 5) is 19.6. The molecule has 0 saturated carbocycles. The lowest BCUT2D eigenvalue weighted by Crippen LogP contribution is -1.80. The molecule has 0 atom stereocenters. The summed E-state index contributed by atoms with van der Waals surface area (Å²) in [6.07, 6.45) is 1.33. The maximum Gasteiger partial charge on any atom is 0.129 e. The van der Waals surface area contributed by atoms with Gasteiger partial charge in [0.05, 0.1) is 0 Å². The van der Waals surface area contributed by atoms with Crippen molar-refractivity contribution in [3.8, 4) is 0 Å². The van der Waals surface area contributed by atoms with Crippen molar-refractivity contribution in [1.29, 1.82) is 0 Å². The maximum absolute atomic E-state index is 9.81. The summed E-state index contributed by atoms with van der Waals surface area (Å²) in [5.74, 6) is 0.509. The molecule has 0 spiro atoms. The van der Waals surface area contributed by atoms with Crippen molar-refractivity contribution in [2.45, 2.75) is 40.5 Å². The van der Waals surface area contributed by atoms with Gasteiger partial charge in [0.25, 0.3) is 0 Å². The van der Waals surface area contributed by atoms with Crippen molar-refractivity contribution in [2.75, 3.05) is 0 Å². The highest BCUT2D eigenvalue weighted by Gasteiger charge is 1.77. The summed E-state index contributed by atoms with van der Waals surface area (Å²) in [5.41, 5.74) is 0. The summed E-state index contributed by atoms with van der Waals surface area (Å²) in [5, 5.41) is 12.0. The lowest BCUT2D eigenvalue weighted by molar-refractivity contribution is -0.176. The second-order valence-corrected chi connectivity index (χ2v) is 2.11. The van der Waals surface area contributed by atoms with Gasteiger partial charge in [-0.25, -0.2) is 0 Å². The van der Waals surface area contributed by atoms with Crippen molar-refractivity contribution < 1.29 is 20.1 Å². The fourth-order valence-electron chi connectivity index (χ4n) is 0. The summed E-state index contributed by atoms with van der Waals surface area (Å²) < 4.78 is 0. The van der Waals surface area contributed by atoms with Crippen LogP contribution in [-0.2, 0) is 9.59 Å². The highest BCUT2D eigenvalue weighted by Crippen LogP contribution is 1.72. The quantitative estimate of drug-likeness (QED) is 0.501. The van der Waals surface area contributed by atoms with Crippen LogP contribution < -0.4 is 0 Å². The van der Waals surface area contributed by atoms with E-state index in [1.165, 1.54) is 0 Å². The van der Waals surface area contributed by atoms with E-state index >= 15 is 0 Å². The van der Waals surface area contributed by atoms with E-state index in [9.17, 15) is 9.59 Å². The Bertz CT molecular complexity index is 95.6. The van der Waals surface area contributed by atoms with Gasteiger partial charge in [0, 0.05) is 12.8 Å². The first kappa shape index (κ1) is 17.4. The van der Waals surface area contributed by atoms with Gasteiger partial charge in [0.2, 0.25) is 0 Å². The largest absolute Gasteiger partial charge is 0.300 e. The monoisotopic (exact) mass is 178 g/mol. The average Bonchev–Trinajstić information content (AvgIpc) is 2.09. The number of Topliss-reactive ketones (excluding diaryl/α,β-unsaturated/α-hetero) is 2. The summed E-state index contributed by atoms with van der Waals surface area (Å²) in [7, 11) is 0. The average molecular weight is 178 g/mol. The fourth-order valence-corrected chi connectivity index (χ4v) is 0. The first-order valence-electron chi connectivity index (χ1n) is 3.73. The third-order valence-electron chi connectivity index (χ3n) is 0.996. The van der Waals surface area contributed by atoms with Gasteiger partial charge in [-0.3, -0.25) is 10.5 Å². The molecule has 0 aliphatic carbocycles. The van der Waals surface area contributed by atoms with Gasteiger partial charge < -0.3 is 9.59 Å². The molecule has 74 valence electrons. The van der Waals surface area contributed by atoms with E-state index in [0.29, 0.717) is 12.8 Å². The van der Waals surface area contributed by atoms with Crippen LogP contribution in [0.15, 0.2) is 0 Å². The summed E-state index contributed by atoms with van der Waals surface area (Å²) in [6.45, 7) is 6.87. The van der Waals surface area contributed by atoms with Crippen LogP contribution in [-0.4, -0.2) is 22.1 Å². The predicted octanol–water partition coefficient (Wildman–Crippen LogP) is 1.99. The molecule has 0 saturated heterocycles. The van der Waals surface area contributed by atoms with Crippen LogP contribution in [0.3, 0.4) is 0 Å². The van der Waals surface area contributed by atoms with Gasteiger partial charge in [-0.1, -0.05) is 13.8 Å². The van der Waals surface area contributed by atoms with Crippen molar-refractivity contribution in [1.82, 2.24) is 0 Å². The lowest BCUT2D eigenvalue weighted by atomic mass is 10.4. The molecule has 0 rings (SSSR count). The van der Waals surface area contributed by atoms with Crippen LogP contribution in [0.1, 0.15) is 40.5 Å². The number of hydrogen-bond acceptors (Lipinski definition) is 4. The molecule has 0 radical (unpaired) electrons. The SMILES string of the molecule is CCC(C)=O.CCC(C)=O.OO. The normalized spacial score (nSPS) is 6.83. The Balaban J connectivity index is -0.000000112. The zero-order chi connectivity index (χ0) is 10.6. The van der Waals surface area contributed by atoms with Crippen molar-refractivity contribution in [2.24, 2.45) is 0 Å². The number of hydrogen-bond donors (Lipinski definition) is 2. The van der Waals surface area contributed by atoms with Crippen LogP contribution >= 0.6 is 0 Å². The highest BCUT2D eigenvalue weighted by molar-refractivity contribution is 5.75. The number of ketones is 2. The van der Waals surface area contributed by atoms with Gasteiger partial charge >= 0.3 is 0 Å². The topological polar surface area (TPSA) is 74.6 Å². The Labute approximate surface area is 73.1 Å². The zero-order valence-electron chi connectivity index (χ0n) is 8.13. The Morgan fingerprint density at radius 2 is 1.00 bits per heavy atom.